The number of carbonyl (C=O) groups is 1. The predicted molar refractivity (Wildman–Crippen MR) is 140 cm³/mol. The number of hydrogen-bond donors (Lipinski definition) is 0. The summed E-state index contributed by atoms with van der Waals surface area (Å²) < 4.78 is 36.7. The Hall–Kier alpha value is -2.46. The minimum absolute atomic E-state index is 0.0368. The van der Waals surface area contributed by atoms with Gasteiger partial charge < -0.3 is 19.1 Å². The third kappa shape index (κ3) is 6.52. The van der Waals surface area contributed by atoms with Gasteiger partial charge in [-0.3, -0.25) is 4.79 Å². The van der Waals surface area contributed by atoms with Crippen LogP contribution in [0.15, 0.2) is 21.6 Å². The molecule has 204 valence electrons. The molecule has 1 aromatic heterocycles. The first-order chi connectivity index (χ1) is 17.6. The zero-order valence-corrected chi connectivity index (χ0v) is 23.5. The van der Waals surface area contributed by atoms with Crippen LogP contribution in [0.4, 0.5) is 0 Å². The van der Waals surface area contributed by atoms with Crippen molar-refractivity contribution in [1.29, 1.82) is 0 Å². The van der Waals surface area contributed by atoms with E-state index in [1.165, 1.54) is 25.7 Å². The lowest BCUT2D eigenvalue weighted by Crippen LogP contribution is -2.49. The lowest BCUT2D eigenvalue weighted by atomic mass is 9.85. The molecule has 1 amide bonds. The number of likely N-dealkylation sites (N-methyl/N-ethyl adjacent to an activating group) is 1. The van der Waals surface area contributed by atoms with Gasteiger partial charge in [-0.2, -0.15) is 4.98 Å². The molecule has 4 rings (SSSR count). The molecule has 0 spiro atoms. The molecular weight excluding hydrogens is 492 g/mol. The molecule has 9 nitrogen and oxygen atoms in total. The number of likely N-dealkylation sites (tertiary alicyclic amines) is 1. The first-order valence-corrected chi connectivity index (χ1v) is 14.9. The Kier molecular flexibility index (Phi) is 8.58. The molecule has 0 bridgehead atoms. The first-order valence-electron chi connectivity index (χ1n) is 13.3. The van der Waals surface area contributed by atoms with E-state index in [4.69, 9.17) is 9.26 Å². The van der Waals surface area contributed by atoms with E-state index >= 15 is 0 Å². The fourth-order valence-corrected chi connectivity index (χ4v) is 7.59. The van der Waals surface area contributed by atoms with Gasteiger partial charge >= 0.3 is 0 Å². The molecular formula is C27H40N4O5S. The fraction of sp³-hybridized carbons (Fsp3) is 0.667. The number of benzene rings is 1. The molecule has 0 unspecified atom stereocenters. The summed E-state index contributed by atoms with van der Waals surface area (Å²) in [4.78, 5) is 21.8. The van der Waals surface area contributed by atoms with Crippen LogP contribution < -0.4 is 4.74 Å². The van der Waals surface area contributed by atoms with Crippen molar-refractivity contribution in [1.82, 2.24) is 19.9 Å². The van der Waals surface area contributed by atoms with Crippen LogP contribution in [0.3, 0.4) is 0 Å². The summed E-state index contributed by atoms with van der Waals surface area (Å²) in [5.74, 6) is 1.15. The van der Waals surface area contributed by atoms with Crippen molar-refractivity contribution in [2.24, 2.45) is 5.92 Å². The predicted octanol–water partition coefficient (Wildman–Crippen LogP) is 3.71. The van der Waals surface area contributed by atoms with Gasteiger partial charge in [-0.15, -0.1) is 0 Å². The van der Waals surface area contributed by atoms with Gasteiger partial charge in [0.25, 0.3) is 0 Å². The molecule has 1 aromatic carbocycles. The van der Waals surface area contributed by atoms with Gasteiger partial charge in [-0.1, -0.05) is 12.1 Å². The summed E-state index contributed by atoms with van der Waals surface area (Å²) in [5.41, 5.74) is 1.20. The van der Waals surface area contributed by atoms with E-state index in [9.17, 15) is 13.2 Å². The average Bonchev–Trinajstić information content (AvgIpc) is 3.29. The summed E-state index contributed by atoms with van der Waals surface area (Å²) in [6.45, 7) is 7.86. The van der Waals surface area contributed by atoms with Crippen molar-refractivity contribution in [2.45, 2.75) is 88.4 Å². The lowest BCUT2D eigenvalue weighted by Gasteiger charge is -2.42. The van der Waals surface area contributed by atoms with Crippen molar-refractivity contribution >= 4 is 15.7 Å². The second-order valence-electron chi connectivity index (χ2n) is 10.8. The van der Waals surface area contributed by atoms with E-state index < -0.39 is 15.6 Å². The highest BCUT2D eigenvalue weighted by atomic mass is 32.2. The molecule has 10 heteroatoms. The van der Waals surface area contributed by atoms with Gasteiger partial charge in [0.2, 0.25) is 11.8 Å². The summed E-state index contributed by atoms with van der Waals surface area (Å²) in [6, 6.07) is 4.26. The average molecular weight is 533 g/mol. The SMILES string of the molecule is COc1cc(C)c(S(=O)(=O)Cc2noc(CC(=O)N(C)C3CCN(C4CCC(C)CC4)CC3)n2)c(C)c1. The number of amides is 1. The van der Waals surface area contributed by atoms with E-state index in [2.05, 4.69) is 22.0 Å². The number of carbonyl (C=O) groups excluding carboxylic acids is 1. The lowest BCUT2D eigenvalue weighted by molar-refractivity contribution is -0.132. The highest BCUT2D eigenvalue weighted by Gasteiger charge is 2.31. The van der Waals surface area contributed by atoms with Crippen molar-refractivity contribution in [3.05, 3.63) is 35.0 Å². The van der Waals surface area contributed by atoms with Gasteiger partial charge in [0.05, 0.1) is 12.0 Å². The van der Waals surface area contributed by atoms with Crippen molar-refractivity contribution in [2.75, 3.05) is 27.2 Å². The number of rotatable bonds is 8. The summed E-state index contributed by atoms with van der Waals surface area (Å²) in [7, 11) is -0.327. The monoisotopic (exact) mass is 532 g/mol. The zero-order valence-electron chi connectivity index (χ0n) is 22.7. The van der Waals surface area contributed by atoms with Crippen LogP contribution in [0.1, 0.15) is 68.3 Å². The number of piperidine rings is 1. The Bertz CT molecular complexity index is 1170. The Morgan fingerprint density at radius 1 is 1.11 bits per heavy atom. The van der Waals surface area contributed by atoms with Crippen molar-refractivity contribution in [3.8, 4) is 5.75 Å². The van der Waals surface area contributed by atoms with E-state index in [-0.39, 0.29) is 35.0 Å². The van der Waals surface area contributed by atoms with E-state index in [1.54, 1.807) is 38.0 Å². The second-order valence-corrected chi connectivity index (χ2v) is 12.7. The third-order valence-electron chi connectivity index (χ3n) is 8.05. The molecule has 2 fully saturated rings. The number of sulfone groups is 1. The van der Waals surface area contributed by atoms with Crippen LogP contribution in [0, 0.1) is 19.8 Å². The van der Waals surface area contributed by atoms with E-state index in [1.807, 2.05) is 7.05 Å². The second kappa shape index (κ2) is 11.5. The topological polar surface area (TPSA) is 106 Å². The van der Waals surface area contributed by atoms with Crippen LogP contribution in [0.2, 0.25) is 0 Å². The number of methoxy groups -OCH3 is 1. The zero-order chi connectivity index (χ0) is 26.7. The summed E-state index contributed by atoms with van der Waals surface area (Å²) in [5, 5.41) is 3.84. The highest BCUT2D eigenvalue weighted by molar-refractivity contribution is 7.90. The van der Waals surface area contributed by atoms with Crippen LogP contribution in [0.25, 0.3) is 0 Å². The maximum atomic E-state index is 13.1. The molecule has 2 aliphatic rings. The third-order valence-corrected chi connectivity index (χ3v) is 9.96. The fourth-order valence-electron chi connectivity index (χ4n) is 5.89. The molecule has 1 aliphatic heterocycles. The van der Waals surface area contributed by atoms with Gasteiger partial charge in [0, 0.05) is 32.2 Å². The minimum Gasteiger partial charge on any atom is -0.497 e. The Morgan fingerprint density at radius 2 is 1.73 bits per heavy atom. The van der Waals surface area contributed by atoms with E-state index in [0.29, 0.717) is 22.9 Å². The van der Waals surface area contributed by atoms with Crippen LogP contribution in [-0.4, -0.2) is 73.6 Å². The quantitative estimate of drug-likeness (QED) is 0.507. The maximum Gasteiger partial charge on any atom is 0.236 e. The molecule has 1 aliphatic carbocycles. The Morgan fingerprint density at radius 3 is 2.32 bits per heavy atom. The largest absolute Gasteiger partial charge is 0.497 e. The van der Waals surface area contributed by atoms with Gasteiger partial charge in [-0.25, -0.2) is 8.42 Å². The number of hydrogen-bond acceptors (Lipinski definition) is 8. The molecule has 0 atom stereocenters. The normalized spacial score (nSPS) is 21.6. The smallest absolute Gasteiger partial charge is 0.236 e. The molecule has 0 radical (unpaired) electrons. The standard InChI is InChI=1S/C27H40N4O5S/c1-18-6-8-22(9-7-18)31-12-10-21(11-13-31)30(4)26(32)16-25-28-24(29-36-25)17-37(33,34)27-19(2)14-23(35-5)15-20(27)3/h14-15,18,21-22H,6-13,16-17H2,1-5H3. The molecule has 2 heterocycles. The number of aryl methyl sites for hydroxylation is 2. The number of ether oxygens (including phenoxy) is 1. The highest BCUT2D eigenvalue weighted by Crippen LogP contribution is 2.30. The van der Waals surface area contributed by atoms with E-state index in [0.717, 1.165) is 31.8 Å². The number of aromatic nitrogens is 2. The Balaban J connectivity index is 1.32. The van der Waals surface area contributed by atoms with Gasteiger partial charge in [-0.05, 0) is 81.5 Å². The van der Waals surface area contributed by atoms with Crippen LogP contribution >= 0.6 is 0 Å². The van der Waals surface area contributed by atoms with Crippen LogP contribution in [0.5, 0.6) is 5.75 Å². The minimum atomic E-state index is -3.71. The first kappa shape index (κ1) is 27.6. The van der Waals surface area contributed by atoms with Gasteiger partial charge in [0.15, 0.2) is 15.7 Å². The molecule has 1 saturated carbocycles. The van der Waals surface area contributed by atoms with Gasteiger partial charge in [0.1, 0.15) is 17.9 Å². The van der Waals surface area contributed by atoms with Crippen LogP contribution in [-0.2, 0) is 26.8 Å². The maximum absolute atomic E-state index is 13.1. The molecule has 1 saturated heterocycles. The molecule has 37 heavy (non-hydrogen) atoms. The summed E-state index contributed by atoms with van der Waals surface area (Å²) >= 11 is 0. The van der Waals surface area contributed by atoms with Crippen molar-refractivity contribution < 1.29 is 22.5 Å². The Labute approximate surface area is 220 Å². The molecule has 2 aromatic rings. The number of nitrogens with zero attached hydrogens (tertiary/aromatic N) is 4. The summed E-state index contributed by atoms with van der Waals surface area (Å²) in [6.07, 6.45) is 7.08. The van der Waals surface area contributed by atoms with Crippen molar-refractivity contribution in [3.63, 3.8) is 0 Å². The molecule has 0 N–H and O–H groups in total.